The van der Waals surface area contributed by atoms with Crippen LogP contribution < -0.4 is 28.4 Å². The van der Waals surface area contributed by atoms with Gasteiger partial charge >= 0.3 is 0 Å². The van der Waals surface area contributed by atoms with E-state index >= 15 is 0 Å². The minimum absolute atomic E-state index is 0.217. The summed E-state index contributed by atoms with van der Waals surface area (Å²) in [5.74, 6) is 0.408. The van der Waals surface area contributed by atoms with E-state index in [4.69, 9.17) is 28.4 Å². The number of amides is 2. The molecule has 56 heavy (non-hydrogen) atoms. The Kier molecular flexibility index (Phi) is 13.2. The third kappa shape index (κ3) is 11.2. The summed E-state index contributed by atoms with van der Waals surface area (Å²) in [6, 6.07) is 22.9. The molecule has 10 bridgehead atoms. The Morgan fingerprint density at radius 3 is 1.09 bits per heavy atom. The standard InChI is InChI=1S/C40H44N2O12S2/c1-55(45,46)41-35(43)25-53-39-31-11-5-12-32(39)22-28-8-4-10-30-24-34-14-6-13-33(40(34)54-26-36(44)42-56(2,47)48)23-29-9-3-7-27(21-31)37(29)51-19-17-49-15-16-50-18-20-52-38(28)30/h3-14H,15-26H2,1-2H3,(H,41,43)(H,42,44). The highest BCUT2D eigenvalue weighted by Gasteiger charge is 2.23. The highest BCUT2D eigenvalue weighted by molar-refractivity contribution is 7.89. The molecule has 4 aromatic rings. The van der Waals surface area contributed by atoms with E-state index in [1.54, 1.807) is 0 Å². The molecular formula is C40H44N2O12S2. The number of fused-ring (bicyclic) bond motifs is 2. The third-order valence-electron chi connectivity index (χ3n) is 8.85. The molecule has 1 heterocycles. The van der Waals surface area contributed by atoms with Gasteiger partial charge in [-0.1, -0.05) is 72.8 Å². The van der Waals surface area contributed by atoms with Gasteiger partial charge in [0.05, 0.1) is 38.9 Å². The molecule has 0 unspecified atom stereocenters. The first-order chi connectivity index (χ1) is 26.8. The van der Waals surface area contributed by atoms with E-state index in [9.17, 15) is 26.4 Å². The lowest BCUT2D eigenvalue weighted by Gasteiger charge is -2.22. The maximum Gasteiger partial charge on any atom is 0.271 e. The maximum atomic E-state index is 12.7. The van der Waals surface area contributed by atoms with Gasteiger partial charge < -0.3 is 28.4 Å². The summed E-state index contributed by atoms with van der Waals surface area (Å²) in [7, 11) is -7.62. The summed E-state index contributed by atoms with van der Waals surface area (Å²) in [5.41, 5.74) is 6.12. The molecule has 2 aliphatic rings. The molecular weight excluding hydrogens is 765 g/mol. The van der Waals surface area contributed by atoms with Crippen LogP contribution in [0.5, 0.6) is 23.0 Å². The van der Waals surface area contributed by atoms with E-state index in [2.05, 4.69) is 0 Å². The van der Waals surface area contributed by atoms with Gasteiger partial charge in [-0.3, -0.25) is 19.0 Å². The largest absolute Gasteiger partial charge is 0.491 e. The van der Waals surface area contributed by atoms with Gasteiger partial charge in [-0.2, -0.15) is 0 Å². The molecule has 6 rings (SSSR count). The second-order valence-corrected chi connectivity index (χ2v) is 16.9. The van der Waals surface area contributed by atoms with E-state index in [-0.39, 0.29) is 26.4 Å². The zero-order valence-corrected chi connectivity index (χ0v) is 32.8. The Balaban J connectivity index is 1.53. The molecule has 14 nitrogen and oxygen atoms in total. The van der Waals surface area contributed by atoms with Crippen molar-refractivity contribution in [2.75, 3.05) is 65.4 Å². The van der Waals surface area contributed by atoms with Gasteiger partial charge in [-0.25, -0.2) is 16.8 Å². The second kappa shape index (κ2) is 18.2. The molecule has 0 radical (unpaired) electrons. The number of ether oxygens (including phenoxy) is 6. The molecule has 2 N–H and O–H groups in total. The Morgan fingerprint density at radius 1 is 0.500 bits per heavy atom. The van der Waals surface area contributed by atoms with Crippen molar-refractivity contribution in [2.45, 2.75) is 25.7 Å². The monoisotopic (exact) mass is 808 g/mol. The van der Waals surface area contributed by atoms with Crippen molar-refractivity contribution in [1.29, 1.82) is 0 Å². The van der Waals surface area contributed by atoms with Crippen LogP contribution in [0.15, 0.2) is 72.8 Å². The van der Waals surface area contributed by atoms with Crippen LogP contribution in [0.1, 0.15) is 44.5 Å². The molecule has 1 aliphatic carbocycles. The average Bonchev–Trinajstić information content (AvgIpc) is 3.11. The summed E-state index contributed by atoms with van der Waals surface area (Å²) in [4.78, 5) is 25.4. The van der Waals surface area contributed by atoms with Crippen molar-refractivity contribution in [1.82, 2.24) is 9.44 Å². The highest BCUT2D eigenvalue weighted by Crippen LogP contribution is 2.39. The minimum atomic E-state index is -3.81. The first-order valence-electron chi connectivity index (χ1n) is 17.9. The number of benzene rings is 4. The number of rotatable bonds is 8. The Morgan fingerprint density at radius 2 is 0.786 bits per heavy atom. The number of sulfonamides is 2. The first-order valence-corrected chi connectivity index (χ1v) is 21.7. The summed E-state index contributed by atoms with van der Waals surface area (Å²) in [6.45, 7) is 0.627. The molecule has 1 aliphatic heterocycles. The van der Waals surface area contributed by atoms with Gasteiger partial charge in [-0.05, 0) is 44.5 Å². The van der Waals surface area contributed by atoms with E-state index in [1.807, 2.05) is 82.2 Å². The molecule has 0 saturated heterocycles. The molecule has 16 heteroatoms. The maximum absolute atomic E-state index is 12.7. The van der Waals surface area contributed by atoms with E-state index < -0.39 is 45.1 Å². The van der Waals surface area contributed by atoms with Crippen molar-refractivity contribution in [3.8, 4) is 23.0 Å². The van der Waals surface area contributed by atoms with E-state index in [0.717, 1.165) is 57.0 Å². The molecule has 2 amide bonds. The van der Waals surface area contributed by atoms with Gasteiger partial charge in [0.2, 0.25) is 20.0 Å². The molecule has 0 aromatic heterocycles. The highest BCUT2D eigenvalue weighted by atomic mass is 32.2. The third-order valence-corrected chi connectivity index (χ3v) is 10.0. The van der Waals surface area contributed by atoms with Gasteiger partial charge in [0.1, 0.15) is 36.2 Å². The molecule has 0 saturated carbocycles. The number of para-hydroxylation sites is 4. The molecule has 4 aromatic carbocycles. The summed E-state index contributed by atoms with van der Waals surface area (Å²) in [6.07, 6.45) is 3.06. The van der Waals surface area contributed by atoms with Crippen LogP contribution in [0, 0.1) is 0 Å². The summed E-state index contributed by atoms with van der Waals surface area (Å²) < 4.78 is 88.2. The second-order valence-electron chi connectivity index (χ2n) is 13.4. The SMILES string of the molecule is CS(=O)(=O)NC(=O)COc1c2cccc1Cc1cccc3c1OCCOCCOCCOc1c(cccc1Cc1cccc(c1OCC(=O)NS(C)(=O)=O)C3)C2. The van der Waals surface area contributed by atoms with Crippen LogP contribution in [0.3, 0.4) is 0 Å². The number of hydrogen-bond acceptors (Lipinski definition) is 12. The quantitative estimate of drug-likeness (QED) is 0.234. The molecule has 0 atom stereocenters. The van der Waals surface area contributed by atoms with Gasteiger partial charge in [0.25, 0.3) is 11.8 Å². The fraction of sp³-hybridized carbons (Fsp3) is 0.350. The number of carbonyl (C=O) groups is 2. The number of hydrogen-bond donors (Lipinski definition) is 2. The lowest BCUT2D eigenvalue weighted by molar-refractivity contribution is -0.122. The smallest absolute Gasteiger partial charge is 0.271 e. The minimum Gasteiger partial charge on any atom is -0.491 e. The lowest BCUT2D eigenvalue weighted by atomic mass is 9.91. The Bertz CT molecular complexity index is 2050. The summed E-state index contributed by atoms with van der Waals surface area (Å²) in [5, 5.41) is 0. The normalized spacial score (nSPS) is 15.0. The number of nitrogens with one attached hydrogen (secondary N) is 2. The topological polar surface area (TPSA) is 182 Å². The Labute approximate surface area is 326 Å². The van der Waals surface area contributed by atoms with Crippen LogP contribution >= 0.6 is 0 Å². The average molecular weight is 809 g/mol. The van der Waals surface area contributed by atoms with Crippen molar-refractivity contribution in [3.63, 3.8) is 0 Å². The molecule has 298 valence electrons. The van der Waals surface area contributed by atoms with Crippen molar-refractivity contribution in [3.05, 3.63) is 117 Å². The fourth-order valence-corrected chi connectivity index (χ4v) is 7.65. The molecule has 0 spiro atoms. The zero-order chi connectivity index (χ0) is 39.7. The van der Waals surface area contributed by atoms with Crippen LogP contribution in [-0.2, 0) is 64.8 Å². The predicted octanol–water partition coefficient (Wildman–Crippen LogP) is 3.08. The number of carbonyl (C=O) groups excluding carboxylic acids is 2. The van der Waals surface area contributed by atoms with Gasteiger partial charge in [0.15, 0.2) is 13.2 Å². The van der Waals surface area contributed by atoms with Crippen LogP contribution in [0.2, 0.25) is 0 Å². The van der Waals surface area contributed by atoms with Crippen LogP contribution in [0.4, 0.5) is 0 Å². The fourth-order valence-electron chi connectivity index (χ4n) is 6.70. The van der Waals surface area contributed by atoms with Crippen LogP contribution in [0.25, 0.3) is 0 Å². The summed E-state index contributed by atoms with van der Waals surface area (Å²) >= 11 is 0. The van der Waals surface area contributed by atoms with Crippen molar-refractivity contribution >= 4 is 31.9 Å². The Hall–Kier alpha value is -5.16. The predicted molar refractivity (Wildman–Crippen MR) is 207 cm³/mol. The van der Waals surface area contributed by atoms with Crippen molar-refractivity contribution in [2.24, 2.45) is 0 Å². The van der Waals surface area contributed by atoms with E-state index in [0.29, 0.717) is 61.9 Å². The van der Waals surface area contributed by atoms with Gasteiger partial charge in [-0.15, -0.1) is 0 Å². The van der Waals surface area contributed by atoms with E-state index in [1.165, 1.54) is 0 Å². The first kappa shape index (κ1) is 40.5. The van der Waals surface area contributed by atoms with Gasteiger partial charge in [0, 0.05) is 25.7 Å². The lowest BCUT2D eigenvalue weighted by Crippen LogP contribution is -2.33. The molecule has 0 fully saturated rings. The van der Waals surface area contributed by atoms with Crippen LogP contribution in [-0.4, -0.2) is 94.0 Å². The van der Waals surface area contributed by atoms with Crippen molar-refractivity contribution < 1.29 is 54.8 Å². The zero-order valence-electron chi connectivity index (χ0n) is 31.1.